The quantitative estimate of drug-likeness (QED) is 0.654. The Morgan fingerprint density at radius 3 is 2.79 bits per heavy atom. The molecular formula is C17H24N4O3. The van der Waals surface area contributed by atoms with Gasteiger partial charge in [-0.15, -0.1) is 0 Å². The molecule has 0 aromatic heterocycles. The van der Waals surface area contributed by atoms with Crippen LogP contribution in [0.4, 0.5) is 17.1 Å². The van der Waals surface area contributed by atoms with E-state index in [4.69, 9.17) is 0 Å². The summed E-state index contributed by atoms with van der Waals surface area (Å²) in [5.41, 5.74) is 2.13. The molecule has 130 valence electrons. The zero-order valence-electron chi connectivity index (χ0n) is 14.2. The topological polar surface area (TPSA) is 87.5 Å². The van der Waals surface area contributed by atoms with E-state index in [0.29, 0.717) is 30.3 Å². The Bertz CT molecular complexity index is 659. The van der Waals surface area contributed by atoms with Gasteiger partial charge >= 0.3 is 0 Å². The second-order valence-electron chi connectivity index (χ2n) is 6.96. The minimum Gasteiger partial charge on any atom is -0.377 e. The number of anilines is 2. The molecule has 2 N–H and O–H groups in total. The summed E-state index contributed by atoms with van der Waals surface area (Å²) < 4.78 is 0. The number of carbonyl (C=O) groups is 1. The van der Waals surface area contributed by atoms with Crippen LogP contribution in [0.2, 0.25) is 0 Å². The number of benzene rings is 1. The van der Waals surface area contributed by atoms with Crippen LogP contribution < -0.4 is 10.6 Å². The summed E-state index contributed by atoms with van der Waals surface area (Å²) in [4.78, 5) is 24.9. The van der Waals surface area contributed by atoms with Crippen molar-refractivity contribution in [1.82, 2.24) is 4.90 Å². The molecule has 2 aliphatic rings. The molecule has 2 atom stereocenters. The van der Waals surface area contributed by atoms with Crippen molar-refractivity contribution in [1.29, 1.82) is 0 Å². The molecule has 0 radical (unpaired) electrons. The number of hydrogen-bond donors (Lipinski definition) is 2. The lowest BCUT2D eigenvalue weighted by Crippen LogP contribution is -2.38. The Hall–Kier alpha value is -2.15. The van der Waals surface area contributed by atoms with Crippen molar-refractivity contribution in [2.45, 2.75) is 50.6 Å². The first-order chi connectivity index (χ1) is 11.4. The lowest BCUT2D eigenvalue weighted by molar-refractivity contribution is -0.384. The lowest BCUT2D eigenvalue weighted by Gasteiger charge is -2.34. The highest BCUT2D eigenvalue weighted by atomic mass is 16.6. The second-order valence-corrected chi connectivity index (χ2v) is 6.96. The molecule has 0 bridgehead atoms. The molecule has 7 heteroatoms. The summed E-state index contributed by atoms with van der Waals surface area (Å²) in [7, 11) is 4.15. The second kappa shape index (κ2) is 6.76. The van der Waals surface area contributed by atoms with E-state index in [0.717, 1.165) is 31.2 Å². The van der Waals surface area contributed by atoms with Gasteiger partial charge in [0.1, 0.15) is 5.69 Å². The van der Waals surface area contributed by atoms with E-state index in [1.165, 1.54) is 0 Å². The van der Waals surface area contributed by atoms with Gasteiger partial charge in [-0.1, -0.05) is 0 Å². The molecule has 0 unspecified atom stereocenters. The van der Waals surface area contributed by atoms with Crippen molar-refractivity contribution in [2.75, 3.05) is 24.7 Å². The number of rotatable bonds is 4. The zero-order valence-corrected chi connectivity index (χ0v) is 14.2. The minimum absolute atomic E-state index is 0.0346. The van der Waals surface area contributed by atoms with E-state index >= 15 is 0 Å². The van der Waals surface area contributed by atoms with Gasteiger partial charge in [-0.05, 0) is 57.8 Å². The number of carbonyl (C=O) groups excluding carboxylic acids is 1. The summed E-state index contributed by atoms with van der Waals surface area (Å²) in [5.74, 6) is -0.0346. The Balaban J connectivity index is 1.85. The molecule has 1 fully saturated rings. The fourth-order valence-electron chi connectivity index (χ4n) is 3.67. The monoisotopic (exact) mass is 332 g/mol. The average molecular weight is 332 g/mol. The van der Waals surface area contributed by atoms with Crippen molar-refractivity contribution < 1.29 is 9.72 Å². The number of nitrogens with one attached hydrogen (secondary N) is 2. The van der Waals surface area contributed by atoms with E-state index in [1.807, 2.05) is 0 Å². The number of nitro groups is 1. The van der Waals surface area contributed by atoms with Crippen molar-refractivity contribution >= 4 is 23.0 Å². The largest absolute Gasteiger partial charge is 0.377 e. The maximum Gasteiger partial charge on any atom is 0.292 e. The normalized spacial score (nSPS) is 23.5. The van der Waals surface area contributed by atoms with Crippen LogP contribution in [0.25, 0.3) is 0 Å². The van der Waals surface area contributed by atoms with Gasteiger partial charge < -0.3 is 15.5 Å². The van der Waals surface area contributed by atoms with Gasteiger partial charge in [0.2, 0.25) is 5.91 Å². The molecule has 24 heavy (non-hydrogen) atoms. The van der Waals surface area contributed by atoms with Gasteiger partial charge in [0.05, 0.1) is 4.92 Å². The third kappa shape index (κ3) is 3.51. The summed E-state index contributed by atoms with van der Waals surface area (Å²) in [6.07, 6.45) is 5.17. The van der Waals surface area contributed by atoms with Crippen molar-refractivity contribution in [3.8, 4) is 0 Å². The zero-order chi connectivity index (χ0) is 17.3. The first kappa shape index (κ1) is 16.7. The molecule has 1 heterocycles. The highest BCUT2D eigenvalue weighted by molar-refractivity contribution is 5.95. The summed E-state index contributed by atoms with van der Waals surface area (Å²) in [6, 6.07) is 4.03. The number of fused-ring (bicyclic) bond motifs is 1. The summed E-state index contributed by atoms with van der Waals surface area (Å²) in [6.45, 7) is 0. The summed E-state index contributed by atoms with van der Waals surface area (Å²) in [5, 5.41) is 17.6. The molecule has 0 saturated heterocycles. The number of hydrogen-bond acceptors (Lipinski definition) is 5. The van der Waals surface area contributed by atoms with E-state index in [9.17, 15) is 14.9 Å². The molecule has 0 spiro atoms. The third-order valence-electron chi connectivity index (χ3n) is 5.05. The van der Waals surface area contributed by atoms with E-state index < -0.39 is 0 Å². The highest BCUT2D eigenvalue weighted by Crippen LogP contribution is 2.36. The Kier molecular flexibility index (Phi) is 4.71. The van der Waals surface area contributed by atoms with Crippen LogP contribution in [0.5, 0.6) is 0 Å². The molecule has 1 saturated carbocycles. The van der Waals surface area contributed by atoms with Gasteiger partial charge in [-0.3, -0.25) is 14.9 Å². The molecule has 7 nitrogen and oxygen atoms in total. The van der Waals surface area contributed by atoms with Crippen LogP contribution in [-0.4, -0.2) is 41.9 Å². The van der Waals surface area contributed by atoms with Crippen molar-refractivity contribution in [3.05, 3.63) is 27.8 Å². The van der Waals surface area contributed by atoms with Gasteiger partial charge in [0.15, 0.2) is 0 Å². The predicted molar refractivity (Wildman–Crippen MR) is 93.4 cm³/mol. The number of nitrogens with zero attached hydrogens (tertiary/aromatic N) is 2. The van der Waals surface area contributed by atoms with Gasteiger partial charge in [0.25, 0.3) is 5.69 Å². The van der Waals surface area contributed by atoms with Gasteiger partial charge in [-0.2, -0.15) is 0 Å². The SMILES string of the molecule is CN(C)[C@H]1CCC[C@@H](Nc2cc3c(cc2[N+](=O)[O-])CCC(=O)N3)C1. The first-order valence-electron chi connectivity index (χ1n) is 8.48. The molecule has 1 amide bonds. The first-order valence-corrected chi connectivity index (χ1v) is 8.48. The lowest BCUT2D eigenvalue weighted by atomic mass is 9.90. The maximum atomic E-state index is 11.6. The minimum atomic E-state index is -0.342. The molecule has 1 aliphatic heterocycles. The van der Waals surface area contributed by atoms with Crippen LogP contribution in [0, 0.1) is 10.1 Å². The molecule has 1 aromatic rings. The molecule has 3 rings (SSSR count). The predicted octanol–water partition coefficient (Wildman–Crippen LogP) is 2.76. The van der Waals surface area contributed by atoms with E-state index in [1.54, 1.807) is 12.1 Å². The highest BCUT2D eigenvalue weighted by Gasteiger charge is 2.27. The Morgan fingerprint density at radius 2 is 2.08 bits per heavy atom. The number of nitro benzene ring substituents is 1. The number of aryl methyl sites for hydroxylation is 1. The van der Waals surface area contributed by atoms with Crippen LogP contribution >= 0.6 is 0 Å². The maximum absolute atomic E-state index is 11.6. The van der Waals surface area contributed by atoms with Crippen molar-refractivity contribution in [2.24, 2.45) is 0 Å². The van der Waals surface area contributed by atoms with Crippen LogP contribution in [0.15, 0.2) is 12.1 Å². The molecule has 1 aromatic carbocycles. The Labute approximate surface area is 141 Å². The average Bonchev–Trinajstić information content (AvgIpc) is 2.54. The smallest absolute Gasteiger partial charge is 0.292 e. The van der Waals surface area contributed by atoms with E-state index in [2.05, 4.69) is 29.6 Å². The number of amides is 1. The fraction of sp³-hybridized carbons (Fsp3) is 0.588. The van der Waals surface area contributed by atoms with E-state index in [-0.39, 0.29) is 22.6 Å². The molecular weight excluding hydrogens is 308 g/mol. The van der Waals surface area contributed by atoms with Crippen LogP contribution in [0.1, 0.15) is 37.7 Å². The van der Waals surface area contributed by atoms with Crippen LogP contribution in [-0.2, 0) is 11.2 Å². The Morgan fingerprint density at radius 1 is 1.29 bits per heavy atom. The van der Waals surface area contributed by atoms with Crippen molar-refractivity contribution in [3.63, 3.8) is 0 Å². The third-order valence-corrected chi connectivity index (χ3v) is 5.05. The van der Waals surface area contributed by atoms with Gasteiger partial charge in [-0.25, -0.2) is 0 Å². The van der Waals surface area contributed by atoms with Gasteiger partial charge in [0, 0.05) is 30.3 Å². The van der Waals surface area contributed by atoms with Crippen LogP contribution in [0.3, 0.4) is 0 Å². The summed E-state index contributed by atoms with van der Waals surface area (Å²) >= 11 is 0. The standard InChI is InChI=1S/C17H24N4O3/c1-20(2)13-5-3-4-12(9-13)18-15-10-14-11(6-7-17(22)19-14)8-16(15)21(23)24/h8,10,12-13,18H,3-7,9H2,1-2H3,(H,19,22)/t12-,13+/m1/s1. The fourth-order valence-corrected chi connectivity index (χ4v) is 3.67. The molecule has 1 aliphatic carbocycles.